The van der Waals surface area contributed by atoms with E-state index in [0.29, 0.717) is 19.3 Å². The van der Waals surface area contributed by atoms with Gasteiger partial charge in [-0.05, 0) is 70.6 Å². The van der Waals surface area contributed by atoms with Crippen LogP contribution in [0.4, 0.5) is 0 Å². The van der Waals surface area contributed by atoms with E-state index in [1.165, 1.54) is 135 Å². The van der Waals surface area contributed by atoms with Crippen LogP contribution in [0.1, 0.15) is 226 Å². The molecule has 370 valence electrons. The Bertz CT molecular complexity index is 1230. The lowest BCUT2D eigenvalue weighted by molar-refractivity contribution is -0.887. The fourth-order valence-electron chi connectivity index (χ4n) is 7.63. The number of carboxylic acids is 1. The number of allylic oxidation sites excluding steroid dienone is 10. The Labute approximate surface area is 394 Å². The standard InChI is InChI=1S/C56H99NO7/c1-6-8-10-12-14-16-18-20-22-24-26-27-29-31-33-35-37-39-41-43-45-47-55(59)64-52(50-62-49-48-53(56(60)61)57(3,4)5)51-63-54(58)46-44-42-40-38-36-34-32-30-28-25-23-21-19-17-15-13-11-9-7-2/h8,10,14-17,19-22,52-53H,6-7,9,11-13,18,23-51H2,1-5H3/p+1/b10-8+,16-14+,17-15+,21-19+,22-20+. The van der Waals surface area contributed by atoms with Gasteiger partial charge in [0.15, 0.2) is 12.1 Å². The van der Waals surface area contributed by atoms with Crippen LogP contribution < -0.4 is 0 Å². The number of esters is 2. The van der Waals surface area contributed by atoms with Gasteiger partial charge in [-0.25, -0.2) is 4.79 Å². The summed E-state index contributed by atoms with van der Waals surface area (Å²) in [7, 11) is 5.54. The van der Waals surface area contributed by atoms with Gasteiger partial charge < -0.3 is 23.8 Å². The molecule has 0 saturated heterocycles. The first-order valence-corrected chi connectivity index (χ1v) is 26.3. The maximum atomic E-state index is 12.8. The molecule has 8 heteroatoms. The Hall–Kier alpha value is -2.97. The van der Waals surface area contributed by atoms with Gasteiger partial charge in [-0.3, -0.25) is 9.59 Å². The van der Waals surface area contributed by atoms with Crippen molar-refractivity contribution in [1.29, 1.82) is 0 Å². The Morgan fingerprint density at radius 2 is 0.922 bits per heavy atom. The smallest absolute Gasteiger partial charge is 0.362 e. The second-order valence-corrected chi connectivity index (χ2v) is 18.8. The van der Waals surface area contributed by atoms with E-state index in [1.807, 2.05) is 21.1 Å². The number of nitrogens with zero attached hydrogens (tertiary/aromatic N) is 1. The van der Waals surface area contributed by atoms with Crippen molar-refractivity contribution < 1.29 is 38.2 Å². The lowest BCUT2D eigenvalue weighted by Crippen LogP contribution is -2.50. The third-order valence-corrected chi connectivity index (χ3v) is 11.7. The monoisotopic (exact) mass is 899 g/mol. The highest BCUT2D eigenvalue weighted by molar-refractivity contribution is 5.72. The Morgan fingerprint density at radius 1 is 0.500 bits per heavy atom. The predicted molar refractivity (Wildman–Crippen MR) is 271 cm³/mol. The van der Waals surface area contributed by atoms with Gasteiger partial charge in [0.05, 0.1) is 34.4 Å². The van der Waals surface area contributed by atoms with Crippen LogP contribution in [-0.4, -0.2) is 80.6 Å². The van der Waals surface area contributed by atoms with E-state index in [-0.39, 0.29) is 36.2 Å². The SMILES string of the molecule is CC/C=C/C/C=C/C/C=C/CCCCCCCCCCCCCC(=O)OC(COCCC(C(=O)O)[N+](C)(C)C)COC(=O)CCCCCCCCCCCC/C=C/C=C/CCCCC. The van der Waals surface area contributed by atoms with E-state index >= 15 is 0 Å². The summed E-state index contributed by atoms with van der Waals surface area (Å²) < 4.78 is 17.4. The average Bonchev–Trinajstić information content (AvgIpc) is 3.26. The van der Waals surface area contributed by atoms with E-state index in [4.69, 9.17) is 14.2 Å². The lowest BCUT2D eigenvalue weighted by Gasteiger charge is -2.31. The fourth-order valence-corrected chi connectivity index (χ4v) is 7.63. The van der Waals surface area contributed by atoms with Gasteiger partial charge in [-0.15, -0.1) is 0 Å². The van der Waals surface area contributed by atoms with Gasteiger partial charge in [0.1, 0.15) is 6.61 Å². The molecule has 0 aromatic rings. The molecule has 0 saturated carbocycles. The molecule has 0 rings (SSSR count). The Balaban J connectivity index is 4.23. The largest absolute Gasteiger partial charge is 0.477 e. The number of carboxylic acid groups (broad SMARTS) is 1. The van der Waals surface area contributed by atoms with Crippen LogP contribution in [0.25, 0.3) is 0 Å². The summed E-state index contributed by atoms with van der Waals surface area (Å²) in [6.45, 7) is 4.62. The fraction of sp³-hybridized carbons (Fsp3) is 0.768. The highest BCUT2D eigenvalue weighted by Crippen LogP contribution is 2.16. The van der Waals surface area contributed by atoms with Crippen molar-refractivity contribution in [3.8, 4) is 0 Å². The van der Waals surface area contributed by atoms with Crippen LogP contribution in [-0.2, 0) is 28.6 Å². The maximum absolute atomic E-state index is 12.8. The molecule has 0 aromatic carbocycles. The molecule has 0 amide bonds. The first-order valence-electron chi connectivity index (χ1n) is 26.3. The van der Waals surface area contributed by atoms with Crippen molar-refractivity contribution >= 4 is 17.9 Å². The molecule has 0 radical (unpaired) electrons. The van der Waals surface area contributed by atoms with Crippen molar-refractivity contribution in [3.05, 3.63) is 60.8 Å². The minimum absolute atomic E-state index is 0.0543. The van der Waals surface area contributed by atoms with E-state index < -0.39 is 18.1 Å². The number of quaternary nitrogens is 1. The Morgan fingerprint density at radius 3 is 1.39 bits per heavy atom. The molecule has 0 aromatic heterocycles. The van der Waals surface area contributed by atoms with Crippen molar-refractivity contribution in [2.45, 2.75) is 238 Å². The number of likely N-dealkylation sites (N-methyl/N-ethyl adjacent to an activating group) is 1. The van der Waals surface area contributed by atoms with Crippen LogP contribution in [0.15, 0.2) is 60.8 Å². The van der Waals surface area contributed by atoms with Crippen LogP contribution >= 0.6 is 0 Å². The number of carbonyl (C=O) groups is 3. The summed E-state index contributed by atoms with van der Waals surface area (Å²) in [5.74, 6) is -1.47. The second-order valence-electron chi connectivity index (χ2n) is 18.8. The van der Waals surface area contributed by atoms with Gasteiger partial charge in [0.25, 0.3) is 0 Å². The quantitative estimate of drug-likeness (QED) is 0.0213. The number of hydrogen-bond donors (Lipinski definition) is 1. The first kappa shape index (κ1) is 61.0. The summed E-state index contributed by atoms with van der Waals surface area (Å²) in [4.78, 5) is 37.2. The van der Waals surface area contributed by atoms with Crippen molar-refractivity contribution in [2.75, 3.05) is 41.0 Å². The highest BCUT2D eigenvalue weighted by Gasteiger charge is 2.31. The number of rotatable bonds is 47. The Kier molecular flexibility index (Phi) is 44.4. The summed E-state index contributed by atoms with van der Waals surface area (Å²) in [5, 5.41) is 9.66. The summed E-state index contributed by atoms with van der Waals surface area (Å²) in [5.41, 5.74) is 0. The molecule has 0 heterocycles. The zero-order chi connectivity index (χ0) is 47.0. The summed E-state index contributed by atoms with van der Waals surface area (Å²) >= 11 is 0. The molecule has 1 N–H and O–H groups in total. The molecular weight excluding hydrogens is 799 g/mol. The maximum Gasteiger partial charge on any atom is 0.362 e. The molecule has 2 unspecified atom stereocenters. The predicted octanol–water partition coefficient (Wildman–Crippen LogP) is 15.3. The number of hydrogen-bond acceptors (Lipinski definition) is 6. The zero-order valence-corrected chi connectivity index (χ0v) is 42.2. The zero-order valence-electron chi connectivity index (χ0n) is 42.2. The van der Waals surface area contributed by atoms with E-state index in [1.54, 1.807) is 0 Å². The van der Waals surface area contributed by atoms with E-state index in [9.17, 15) is 19.5 Å². The molecule has 8 nitrogen and oxygen atoms in total. The molecule has 0 bridgehead atoms. The molecule has 0 aliphatic rings. The number of aliphatic carboxylic acids is 1. The minimum atomic E-state index is -0.875. The summed E-state index contributed by atoms with van der Waals surface area (Å²) in [6, 6.07) is -0.618. The minimum Gasteiger partial charge on any atom is -0.477 e. The van der Waals surface area contributed by atoms with Gasteiger partial charge in [-0.2, -0.15) is 0 Å². The normalized spacial score (nSPS) is 13.3. The second kappa shape index (κ2) is 46.6. The topological polar surface area (TPSA) is 99.1 Å². The van der Waals surface area contributed by atoms with Crippen molar-refractivity contribution in [3.63, 3.8) is 0 Å². The molecule has 0 aliphatic carbocycles. The van der Waals surface area contributed by atoms with Crippen LogP contribution in [0.3, 0.4) is 0 Å². The lowest BCUT2D eigenvalue weighted by atomic mass is 10.0. The van der Waals surface area contributed by atoms with Crippen LogP contribution in [0.5, 0.6) is 0 Å². The summed E-state index contributed by atoms with van der Waals surface area (Å²) in [6.07, 6.45) is 58.4. The van der Waals surface area contributed by atoms with Crippen molar-refractivity contribution in [2.24, 2.45) is 0 Å². The van der Waals surface area contributed by atoms with Gasteiger partial charge in [0, 0.05) is 19.3 Å². The molecular formula is C56H100NO7+. The van der Waals surface area contributed by atoms with Gasteiger partial charge in [-0.1, -0.05) is 197 Å². The number of ether oxygens (including phenoxy) is 3. The highest BCUT2D eigenvalue weighted by atomic mass is 16.6. The third-order valence-electron chi connectivity index (χ3n) is 11.7. The van der Waals surface area contributed by atoms with Gasteiger partial charge in [0.2, 0.25) is 0 Å². The molecule has 0 aliphatic heterocycles. The number of carbonyl (C=O) groups excluding carboxylic acids is 2. The third kappa shape index (κ3) is 44.2. The first-order chi connectivity index (χ1) is 31.1. The average molecular weight is 899 g/mol. The number of unbranched alkanes of at least 4 members (excludes halogenated alkanes) is 24. The van der Waals surface area contributed by atoms with Gasteiger partial charge >= 0.3 is 17.9 Å². The van der Waals surface area contributed by atoms with Crippen LogP contribution in [0, 0.1) is 0 Å². The van der Waals surface area contributed by atoms with E-state index in [2.05, 4.69) is 74.6 Å². The van der Waals surface area contributed by atoms with Crippen LogP contribution in [0.2, 0.25) is 0 Å². The molecule has 64 heavy (non-hydrogen) atoms. The van der Waals surface area contributed by atoms with Crippen molar-refractivity contribution in [1.82, 2.24) is 0 Å². The van der Waals surface area contributed by atoms with E-state index in [0.717, 1.165) is 57.8 Å². The molecule has 0 fully saturated rings. The molecule has 0 spiro atoms. The molecule has 2 atom stereocenters.